The maximum atomic E-state index is 11.0. The van der Waals surface area contributed by atoms with Crippen molar-refractivity contribution in [3.63, 3.8) is 0 Å². The van der Waals surface area contributed by atoms with E-state index in [2.05, 4.69) is 0 Å². The van der Waals surface area contributed by atoms with Gasteiger partial charge >= 0.3 is 4.94 Å². The van der Waals surface area contributed by atoms with Gasteiger partial charge in [0.2, 0.25) is 0 Å². The Labute approximate surface area is 90.5 Å². The van der Waals surface area contributed by atoms with E-state index in [0.29, 0.717) is 5.58 Å². The van der Waals surface area contributed by atoms with E-state index in [0.717, 1.165) is 40.9 Å². The highest BCUT2D eigenvalue weighted by molar-refractivity contribution is 7.16. The van der Waals surface area contributed by atoms with Crippen LogP contribution in [0.1, 0.15) is 18.4 Å². The maximum Gasteiger partial charge on any atom is 0.396 e. The number of nitrogens with two attached hydrogens (primary N) is 1. The first-order valence-corrected chi connectivity index (χ1v) is 5.78. The number of fused-ring (bicyclic) bond motifs is 1. The average Bonchev–Trinajstić information content (AvgIpc) is 2.76. The van der Waals surface area contributed by atoms with Gasteiger partial charge in [-0.05, 0) is 37.0 Å². The van der Waals surface area contributed by atoms with E-state index in [9.17, 15) is 4.79 Å². The molecule has 3 nitrogen and oxygen atoms in total. The average molecular weight is 221 g/mol. The highest BCUT2D eigenvalue weighted by Gasteiger charge is 2.37. The molecule has 1 aliphatic carbocycles. The largest absolute Gasteiger partial charge is 0.414 e. The summed E-state index contributed by atoms with van der Waals surface area (Å²) >= 11 is 1.14. The van der Waals surface area contributed by atoms with Gasteiger partial charge < -0.3 is 10.2 Å². The third-order valence-electron chi connectivity index (χ3n) is 2.84. The van der Waals surface area contributed by atoms with Gasteiger partial charge in [-0.2, -0.15) is 0 Å². The monoisotopic (exact) mass is 221 g/mol. The van der Waals surface area contributed by atoms with Crippen LogP contribution in [0, 0.1) is 0 Å². The summed E-state index contributed by atoms with van der Waals surface area (Å²) in [5.74, 6) is 0. The number of hydrogen-bond donors (Lipinski definition) is 1. The highest BCUT2D eigenvalue weighted by atomic mass is 32.1. The number of benzene rings is 1. The van der Waals surface area contributed by atoms with Crippen LogP contribution in [0.2, 0.25) is 0 Å². The van der Waals surface area contributed by atoms with Crippen molar-refractivity contribution >= 4 is 21.6 Å². The molecule has 0 saturated heterocycles. The Kier molecular flexibility index (Phi) is 1.78. The molecule has 1 heterocycles. The molecular formula is C11H11NO2S. The van der Waals surface area contributed by atoms with Crippen molar-refractivity contribution in [3.8, 4) is 0 Å². The molecule has 0 amide bonds. The smallest absolute Gasteiger partial charge is 0.396 e. The molecule has 1 aromatic heterocycles. The summed E-state index contributed by atoms with van der Waals surface area (Å²) in [7, 11) is 0. The second-order valence-corrected chi connectivity index (χ2v) is 5.25. The summed E-state index contributed by atoms with van der Waals surface area (Å²) < 4.78 is 5.97. The molecule has 2 N–H and O–H groups in total. The molecule has 0 bridgehead atoms. The van der Waals surface area contributed by atoms with Gasteiger partial charge in [0, 0.05) is 5.54 Å². The van der Waals surface area contributed by atoms with Gasteiger partial charge in [0.15, 0.2) is 0 Å². The Hall–Kier alpha value is -1.13. The third kappa shape index (κ3) is 1.70. The van der Waals surface area contributed by atoms with E-state index in [4.69, 9.17) is 10.2 Å². The van der Waals surface area contributed by atoms with Gasteiger partial charge in [0.05, 0.1) is 4.70 Å². The highest BCUT2D eigenvalue weighted by Crippen LogP contribution is 2.36. The Morgan fingerprint density at radius 3 is 3.00 bits per heavy atom. The van der Waals surface area contributed by atoms with Gasteiger partial charge in [-0.25, -0.2) is 4.79 Å². The second kappa shape index (κ2) is 2.93. The molecule has 3 rings (SSSR count). The lowest BCUT2D eigenvalue weighted by atomic mass is 10.1. The van der Waals surface area contributed by atoms with E-state index >= 15 is 0 Å². The molecule has 1 saturated carbocycles. The SMILES string of the molecule is NC1(Cc2ccc3sc(=O)oc3c2)CC1. The van der Waals surface area contributed by atoms with E-state index in [1.54, 1.807) is 0 Å². The number of hydrogen-bond acceptors (Lipinski definition) is 4. The van der Waals surface area contributed by atoms with Crippen molar-refractivity contribution < 1.29 is 4.42 Å². The zero-order valence-electron chi connectivity index (χ0n) is 8.16. The van der Waals surface area contributed by atoms with Crippen LogP contribution in [0.4, 0.5) is 0 Å². The summed E-state index contributed by atoms with van der Waals surface area (Å²) in [5.41, 5.74) is 7.89. The lowest BCUT2D eigenvalue weighted by molar-refractivity contribution is 0.584. The van der Waals surface area contributed by atoms with Crippen LogP contribution >= 0.6 is 11.3 Å². The summed E-state index contributed by atoms with van der Waals surface area (Å²) in [6.45, 7) is 0. The Morgan fingerprint density at radius 1 is 1.47 bits per heavy atom. The van der Waals surface area contributed by atoms with Gasteiger partial charge in [-0.1, -0.05) is 17.4 Å². The summed E-state index contributed by atoms with van der Waals surface area (Å²) in [4.78, 5) is 10.8. The fourth-order valence-corrected chi connectivity index (χ4v) is 2.42. The Morgan fingerprint density at radius 2 is 2.27 bits per heavy atom. The quantitative estimate of drug-likeness (QED) is 0.842. The fourth-order valence-electron chi connectivity index (χ4n) is 1.77. The molecule has 0 aliphatic heterocycles. The van der Waals surface area contributed by atoms with Crippen LogP contribution < -0.4 is 10.7 Å². The molecule has 1 aromatic carbocycles. The zero-order valence-corrected chi connectivity index (χ0v) is 8.97. The van der Waals surface area contributed by atoms with Crippen molar-refractivity contribution in [3.05, 3.63) is 33.5 Å². The lowest BCUT2D eigenvalue weighted by Gasteiger charge is -2.07. The summed E-state index contributed by atoms with van der Waals surface area (Å²) in [6, 6.07) is 5.90. The topological polar surface area (TPSA) is 56.2 Å². The lowest BCUT2D eigenvalue weighted by Crippen LogP contribution is -2.24. The van der Waals surface area contributed by atoms with Crippen molar-refractivity contribution in [1.29, 1.82) is 0 Å². The summed E-state index contributed by atoms with van der Waals surface area (Å²) in [5, 5.41) is 0. The minimum Gasteiger partial charge on any atom is -0.414 e. The zero-order chi connectivity index (χ0) is 10.5. The minimum atomic E-state index is -0.240. The molecule has 2 aromatic rings. The Bertz CT molecular complexity index is 565. The summed E-state index contributed by atoms with van der Waals surface area (Å²) in [6.07, 6.45) is 3.07. The van der Waals surface area contributed by atoms with E-state index in [1.165, 1.54) is 0 Å². The van der Waals surface area contributed by atoms with Crippen LogP contribution in [0.3, 0.4) is 0 Å². The second-order valence-electron chi connectivity index (χ2n) is 4.27. The molecule has 1 fully saturated rings. The normalized spacial score (nSPS) is 18.2. The van der Waals surface area contributed by atoms with Gasteiger partial charge in [0.1, 0.15) is 5.58 Å². The predicted molar refractivity (Wildman–Crippen MR) is 60.2 cm³/mol. The number of rotatable bonds is 2. The first-order valence-electron chi connectivity index (χ1n) is 4.96. The van der Waals surface area contributed by atoms with Gasteiger partial charge in [-0.15, -0.1) is 0 Å². The van der Waals surface area contributed by atoms with Crippen molar-refractivity contribution in [2.24, 2.45) is 5.73 Å². The van der Waals surface area contributed by atoms with Gasteiger partial charge in [0.25, 0.3) is 0 Å². The van der Waals surface area contributed by atoms with E-state index in [1.807, 2.05) is 18.2 Å². The van der Waals surface area contributed by atoms with Crippen molar-refractivity contribution in [2.45, 2.75) is 24.8 Å². The van der Waals surface area contributed by atoms with E-state index < -0.39 is 0 Å². The standard InChI is InChI=1S/C11H11NO2S/c12-11(3-4-11)6-7-1-2-9-8(5-7)14-10(13)15-9/h1-2,5H,3-4,6,12H2. The minimum absolute atomic E-state index is 0.00396. The maximum absolute atomic E-state index is 11.0. The molecule has 4 heteroatoms. The van der Waals surface area contributed by atoms with Gasteiger partial charge in [-0.3, -0.25) is 0 Å². The molecule has 1 aliphatic rings. The third-order valence-corrected chi connectivity index (χ3v) is 3.65. The van der Waals surface area contributed by atoms with Crippen LogP contribution in [-0.2, 0) is 6.42 Å². The first kappa shape index (κ1) is 9.12. The Balaban J connectivity index is 2.01. The van der Waals surface area contributed by atoms with Crippen molar-refractivity contribution in [1.82, 2.24) is 0 Å². The van der Waals surface area contributed by atoms with Crippen LogP contribution in [0.15, 0.2) is 27.4 Å². The molecule has 78 valence electrons. The molecule has 0 atom stereocenters. The molecule has 0 unspecified atom stereocenters. The van der Waals surface area contributed by atoms with Crippen molar-refractivity contribution in [2.75, 3.05) is 0 Å². The van der Waals surface area contributed by atoms with Crippen LogP contribution in [-0.4, -0.2) is 5.54 Å². The van der Waals surface area contributed by atoms with E-state index in [-0.39, 0.29) is 10.5 Å². The molecule has 15 heavy (non-hydrogen) atoms. The van der Waals surface area contributed by atoms with Crippen LogP contribution in [0.25, 0.3) is 10.3 Å². The molecular weight excluding hydrogens is 210 g/mol. The first-order chi connectivity index (χ1) is 7.15. The predicted octanol–water partition coefficient (Wildman–Crippen LogP) is 1.89. The fraction of sp³-hybridized carbons (Fsp3) is 0.364. The molecule has 0 spiro atoms. The van der Waals surface area contributed by atoms with Crippen LogP contribution in [0.5, 0.6) is 0 Å². The molecule has 0 radical (unpaired) electrons.